The van der Waals surface area contributed by atoms with Gasteiger partial charge in [0, 0.05) is 45.1 Å². The summed E-state index contributed by atoms with van der Waals surface area (Å²) in [6, 6.07) is 10.1. The number of amides is 1. The topological polar surface area (TPSA) is 82.6 Å². The fourth-order valence-electron chi connectivity index (χ4n) is 3.69. The van der Waals surface area contributed by atoms with E-state index in [2.05, 4.69) is 22.5 Å². The molecule has 0 saturated carbocycles. The number of allylic oxidation sites excluding steroid dienone is 2. The van der Waals surface area contributed by atoms with Gasteiger partial charge in [-0.2, -0.15) is 0 Å². The largest absolute Gasteiger partial charge is 0.385 e. The number of nitrogens with zero attached hydrogens (tertiary/aromatic N) is 3. The normalized spacial score (nSPS) is 17.2. The Balaban J connectivity index is 1.90. The molecule has 32 heavy (non-hydrogen) atoms. The average molecular weight is 457 g/mol. The monoisotopic (exact) mass is 456 g/mol. The number of aromatic nitrogens is 1. The molecule has 0 fully saturated rings. The predicted octanol–water partition coefficient (Wildman–Crippen LogP) is 3.93. The molecule has 0 saturated heterocycles. The molecular formula is C24H32N4O3S. The number of sulfonamides is 1. The van der Waals surface area contributed by atoms with Gasteiger partial charge in [0.05, 0.1) is 16.6 Å². The van der Waals surface area contributed by atoms with Crippen molar-refractivity contribution < 1.29 is 13.2 Å². The van der Waals surface area contributed by atoms with Crippen LogP contribution in [0.4, 0.5) is 5.69 Å². The number of rotatable bonds is 8. The number of carbonyl (C=O) groups excluding carboxylic acids is 1. The Morgan fingerprint density at radius 3 is 2.59 bits per heavy atom. The molecule has 3 rings (SSSR count). The van der Waals surface area contributed by atoms with E-state index in [0.717, 1.165) is 35.8 Å². The van der Waals surface area contributed by atoms with Gasteiger partial charge in [-0.25, -0.2) is 12.7 Å². The van der Waals surface area contributed by atoms with Gasteiger partial charge in [-0.05, 0) is 62.4 Å². The Morgan fingerprint density at radius 2 is 1.97 bits per heavy atom. The second-order valence-corrected chi connectivity index (χ2v) is 10.6. The highest BCUT2D eigenvalue weighted by molar-refractivity contribution is 7.89. The van der Waals surface area contributed by atoms with Gasteiger partial charge in [0.1, 0.15) is 0 Å². The second-order valence-electron chi connectivity index (χ2n) is 8.41. The summed E-state index contributed by atoms with van der Waals surface area (Å²) in [6.07, 6.45) is 9.22. The summed E-state index contributed by atoms with van der Waals surface area (Å²) in [5, 5.41) is 3.36. The van der Waals surface area contributed by atoms with Crippen LogP contribution in [0.3, 0.4) is 0 Å². The molecular weight excluding hydrogens is 424 g/mol. The predicted molar refractivity (Wildman–Crippen MR) is 127 cm³/mol. The Hall–Kier alpha value is -2.71. The van der Waals surface area contributed by atoms with Gasteiger partial charge >= 0.3 is 0 Å². The quantitative estimate of drug-likeness (QED) is 0.609. The fraction of sp³-hybridized carbons (Fsp3) is 0.417. The number of pyridine rings is 1. The van der Waals surface area contributed by atoms with Crippen molar-refractivity contribution in [2.24, 2.45) is 5.92 Å². The van der Waals surface area contributed by atoms with Crippen molar-refractivity contribution in [2.75, 3.05) is 33.0 Å². The van der Waals surface area contributed by atoms with Crippen molar-refractivity contribution >= 4 is 21.6 Å². The molecule has 1 N–H and O–H groups in total. The highest BCUT2D eigenvalue weighted by atomic mass is 32.2. The maximum atomic E-state index is 13.3. The van der Waals surface area contributed by atoms with Crippen LogP contribution in [0, 0.1) is 5.92 Å². The number of nitrogens with one attached hydrogen (secondary N) is 1. The minimum Gasteiger partial charge on any atom is -0.385 e. The van der Waals surface area contributed by atoms with E-state index in [1.54, 1.807) is 30.3 Å². The molecule has 2 atom stereocenters. The summed E-state index contributed by atoms with van der Waals surface area (Å²) < 4.78 is 26.8. The first-order chi connectivity index (χ1) is 15.2. The highest BCUT2D eigenvalue weighted by Gasteiger charge is 2.24. The van der Waals surface area contributed by atoms with Crippen LogP contribution in [0.5, 0.6) is 0 Å². The first-order valence-corrected chi connectivity index (χ1v) is 12.3. The number of benzene rings is 1. The molecule has 7 nitrogen and oxygen atoms in total. The molecule has 0 aliphatic heterocycles. The van der Waals surface area contributed by atoms with Gasteiger partial charge in [0.25, 0.3) is 5.91 Å². The minimum atomic E-state index is -3.70. The molecule has 0 radical (unpaired) electrons. The van der Waals surface area contributed by atoms with Crippen LogP contribution in [0.1, 0.15) is 48.3 Å². The fourth-order valence-corrected chi connectivity index (χ4v) is 4.66. The van der Waals surface area contributed by atoms with Crippen molar-refractivity contribution in [3.8, 4) is 0 Å². The molecule has 0 unspecified atom stereocenters. The van der Waals surface area contributed by atoms with E-state index in [1.165, 1.54) is 20.2 Å². The zero-order valence-corrected chi connectivity index (χ0v) is 20.0. The van der Waals surface area contributed by atoms with E-state index >= 15 is 0 Å². The van der Waals surface area contributed by atoms with Crippen LogP contribution >= 0.6 is 0 Å². The Kier molecular flexibility index (Phi) is 7.69. The van der Waals surface area contributed by atoms with Gasteiger partial charge < -0.3 is 10.2 Å². The van der Waals surface area contributed by atoms with Crippen molar-refractivity contribution in [1.82, 2.24) is 14.2 Å². The Morgan fingerprint density at radius 1 is 1.19 bits per heavy atom. The van der Waals surface area contributed by atoms with E-state index in [9.17, 15) is 13.2 Å². The van der Waals surface area contributed by atoms with Crippen molar-refractivity contribution in [3.05, 3.63) is 66.0 Å². The molecule has 0 bridgehead atoms. The van der Waals surface area contributed by atoms with Crippen LogP contribution < -0.4 is 5.32 Å². The summed E-state index contributed by atoms with van der Waals surface area (Å²) in [6.45, 7) is 2.63. The SMILES string of the molecule is C[C@H](c1ccccn1)N(C)C(=O)c1cc(NC[C@H]2CC=CCC2)cc(S(=O)(=O)N(C)C)c1. The third kappa shape index (κ3) is 5.55. The summed E-state index contributed by atoms with van der Waals surface area (Å²) >= 11 is 0. The average Bonchev–Trinajstić information content (AvgIpc) is 2.82. The number of carbonyl (C=O) groups is 1. The Labute approximate surface area is 191 Å². The van der Waals surface area contributed by atoms with Crippen molar-refractivity contribution in [3.63, 3.8) is 0 Å². The molecule has 8 heteroatoms. The number of hydrogen-bond acceptors (Lipinski definition) is 5. The Bertz CT molecular complexity index is 1070. The second kappa shape index (κ2) is 10.3. The first-order valence-electron chi connectivity index (χ1n) is 10.8. The zero-order valence-electron chi connectivity index (χ0n) is 19.2. The lowest BCUT2D eigenvalue weighted by Crippen LogP contribution is -2.30. The smallest absolute Gasteiger partial charge is 0.254 e. The summed E-state index contributed by atoms with van der Waals surface area (Å²) in [5.74, 6) is 0.225. The van der Waals surface area contributed by atoms with Crippen LogP contribution in [-0.2, 0) is 10.0 Å². The molecule has 1 amide bonds. The molecule has 0 spiro atoms. The molecule has 1 heterocycles. The third-order valence-corrected chi connectivity index (χ3v) is 7.71. The number of hydrogen-bond donors (Lipinski definition) is 1. The van der Waals surface area contributed by atoms with Gasteiger partial charge in [-0.15, -0.1) is 0 Å². The van der Waals surface area contributed by atoms with E-state index in [-0.39, 0.29) is 16.8 Å². The maximum Gasteiger partial charge on any atom is 0.254 e. The zero-order chi connectivity index (χ0) is 23.3. The van der Waals surface area contributed by atoms with Crippen LogP contribution in [0.15, 0.2) is 59.6 Å². The lowest BCUT2D eigenvalue weighted by molar-refractivity contribution is 0.0739. The van der Waals surface area contributed by atoms with Crippen molar-refractivity contribution in [1.29, 1.82) is 0 Å². The lowest BCUT2D eigenvalue weighted by Gasteiger charge is -2.25. The van der Waals surface area contributed by atoms with Crippen LogP contribution in [0.2, 0.25) is 0 Å². The van der Waals surface area contributed by atoms with Crippen LogP contribution in [-0.4, -0.2) is 56.2 Å². The number of anilines is 1. The molecule has 1 aliphatic carbocycles. The summed E-state index contributed by atoms with van der Waals surface area (Å²) in [5.41, 5.74) is 1.72. The molecule has 2 aromatic rings. The van der Waals surface area contributed by atoms with Gasteiger partial charge in [0.15, 0.2) is 0 Å². The van der Waals surface area contributed by atoms with E-state index in [0.29, 0.717) is 17.2 Å². The van der Waals surface area contributed by atoms with E-state index < -0.39 is 10.0 Å². The summed E-state index contributed by atoms with van der Waals surface area (Å²) in [7, 11) is 0.980. The van der Waals surface area contributed by atoms with E-state index in [4.69, 9.17) is 0 Å². The highest BCUT2D eigenvalue weighted by Crippen LogP contribution is 2.26. The third-order valence-electron chi connectivity index (χ3n) is 5.92. The minimum absolute atomic E-state index is 0.0956. The molecule has 1 aromatic carbocycles. The molecule has 1 aromatic heterocycles. The molecule has 172 valence electrons. The standard InChI is InChI=1S/C24H32N4O3S/c1-18(23-12-8-9-13-25-23)28(4)24(29)20-14-21(26-17-19-10-6-5-7-11-19)16-22(15-20)32(30,31)27(2)3/h5-6,8-9,12-16,18-19,26H,7,10-11,17H2,1-4H3/t18-,19+/m1/s1. The van der Waals surface area contributed by atoms with Crippen molar-refractivity contribution in [2.45, 2.75) is 37.1 Å². The van der Waals surface area contributed by atoms with Gasteiger partial charge in [0.2, 0.25) is 10.0 Å². The molecule has 1 aliphatic rings. The van der Waals surface area contributed by atoms with Gasteiger partial charge in [-0.3, -0.25) is 9.78 Å². The first kappa shape index (κ1) is 23.9. The van der Waals surface area contributed by atoms with Gasteiger partial charge in [-0.1, -0.05) is 18.2 Å². The van der Waals surface area contributed by atoms with E-state index in [1.807, 2.05) is 25.1 Å². The maximum absolute atomic E-state index is 13.3. The van der Waals surface area contributed by atoms with Crippen LogP contribution in [0.25, 0.3) is 0 Å². The lowest BCUT2D eigenvalue weighted by atomic mass is 9.94. The summed E-state index contributed by atoms with van der Waals surface area (Å²) in [4.78, 5) is 19.3.